The topological polar surface area (TPSA) is 45.6 Å². The van der Waals surface area contributed by atoms with Gasteiger partial charge < -0.3 is 0 Å². The molecule has 4 heteroatoms. The van der Waals surface area contributed by atoms with Gasteiger partial charge in [0, 0.05) is 18.9 Å². The smallest absolute Gasteiger partial charge is 0.267 e. The van der Waals surface area contributed by atoms with E-state index in [-0.39, 0.29) is 5.91 Å². The Balaban J connectivity index is 1.89. The predicted octanol–water partition coefficient (Wildman–Crippen LogP) is 3.03. The zero-order chi connectivity index (χ0) is 14.7. The number of hydrogen-bond donors (Lipinski definition) is 0. The minimum absolute atomic E-state index is 0.0752. The van der Waals surface area contributed by atoms with Gasteiger partial charge in [0.15, 0.2) is 0 Å². The van der Waals surface area contributed by atoms with Gasteiger partial charge in [0.05, 0.1) is 11.3 Å². The Morgan fingerprint density at radius 3 is 2.76 bits per heavy atom. The molecule has 0 spiro atoms. The van der Waals surface area contributed by atoms with Gasteiger partial charge in [-0.05, 0) is 37.0 Å². The monoisotopic (exact) mass is 279 g/mol. The molecule has 0 aliphatic carbocycles. The second kappa shape index (κ2) is 5.87. The van der Waals surface area contributed by atoms with Crippen LogP contribution in [-0.2, 0) is 0 Å². The third kappa shape index (κ3) is 2.84. The number of pyridine rings is 1. The molecule has 1 aromatic heterocycles. The molecular weight excluding hydrogens is 262 g/mol. The van der Waals surface area contributed by atoms with E-state index < -0.39 is 0 Å². The van der Waals surface area contributed by atoms with Crippen LogP contribution in [0.1, 0.15) is 34.3 Å². The first-order chi connectivity index (χ1) is 10.3. The number of rotatable bonds is 2. The second-order valence-corrected chi connectivity index (χ2v) is 5.14. The van der Waals surface area contributed by atoms with Crippen molar-refractivity contribution in [2.24, 2.45) is 5.10 Å². The molecular formula is C17H17N3O. The molecule has 3 rings (SSSR count). The van der Waals surface area contributed by atoms with E-state index in [1.165, 1.54) is 0 Å². The quantitative estimate of drug-likeness (QED) is 0.848. The average molecular weight is 279 g/mol. The molecule has 0 saturated carbocycles. The maximum atomic E-state index is 12.6. The van der Waals surface area contributed by atoms with E-state index >= 15 is 0 Å². The standard InChI is InChI=1S/C17H17N3O/c1-13-9-10-18-12-15(13)17(21)20-11-5-8-16(19-20)14-6-3-2-4-7-14/h2-4,6-7,9-10,12H,5,8,11H2,1H3. The molecule has 2 aromatic rings. The predicted molar refractivity (Wildman–Crippen MR) is 82.2 cm³/mol. The molecule has 1 aliphatic rings. The van der Waals surface area contributed by atoms with Gasteiger partial charge in [-0.25, -0.2) is 5.01 Å². The van der Waals surface area contributed by atoms with Crippen LogP contribution in [0.5, 0.6) is 0 Å². The average Bonchev–Trinajstić information content (AvgIpc) is 2.56. The van der Waals surface area contributed by atoms with Crippen molar-refractivity contribution >= 4 is 11.6 Å². The summed E-state index contributed by atoms with van der Waals surface area (Å²) in [6.45, 7) is 2.57. The lowest BCUT2D eigenvalue weighted by atomic mass is 10.0. The van der Waals surface area contributed by atoms with E-state index in [9.17, 15) is 4.79 Å². The van der Waals surface area contributed by atoms with E-state index in [1.54, 1.807) is 17.4 Å². The second-order valence-electron chi connectivity index (χ2n) is 5.14. The summed E-state index contributed by atoms with van der Waals surface area (Å²) in [6, 6.07) is 11.9. The van der Waals surface area contributed by atoms with Crippen LogP contribution in [0.15, 0.2) is 53.9 Å². The van der Waals surface area contributed by atoms with Crippen molar-refractivity contribution < 1.29 is 4.79 Å². The number of hydrazone groups is 1. The Hall–Kier alpha value is -2.49. The van der Waals surface area contributed by atoms with Crippen LogP contribution in [-0.4, -0.2) is 28.2 Å². The van der Waals surface area contributed by atoms with Crippen LogP contribution in [0.4, 0.5) is 0 Å². The molecule has 1 amide bonds. The number of aromatic nitrogens is 1. The van der Waals surface area contributed by atoms with Crippen molar-refractivity contribution in [1.29, 1.82) is 0 Å². The molecule has 0 bridgehead atoms. The molecule has 0 unspecified atom stereocenters. The van der Waals surface area contributed by atoms with Crippen molar-refractivity contribution in [2.75, 3.05) is 6.54 Å². The Labute approximate surface area is 124 Å². The summed E-state index contributed by atoms with van der Waals surface area (Å²) in [6.07, 6.45) is 5.14. The van der Waals surface area contributed by atoms with Crippen molar-refractivity contribution in [1.82, 2.24) is 9.99 Å². The van der Waals surface area contributed by atoms with Crippen molar-refractivity contribution in [3.05, 3.63) is 65.5 Å². The number of aryl methyl sites for hydroxylation is 1. The van der Waals surface area contributed by atoms with Gasteiger partial charge in [0.25, 0.3) is 5.91 Å². The lowest BCUT2D eigenvalue weighted by Crippen LogP contribution is -2.32. The fourth-order valence-corrected chi connectivity index (χ4v) is 2.45. The number of hydrogen-bond acceptors (Lipinski definition) is 3. The maximum Gasteiger partial charge on any atom is 0.275 e. The first kappa shape index (κ1) is 13.5. The number of nitrogens with zero attached hydrogens (tertiary/aromatic N) is 3. The molecule has 1 aromatic carbocycles. The van der Waals surface area contributed by atoms with Gasteiger partial charge in [-0.1, -0.05) is 30.3 Å². The van der Waals surface area contributed by atoms with Crippen LogP contribution in [0.3, 0.4) is 0 Å². The minimum atomic E-state index is -0.0752. The fraction of sp³-hybridized carbons (Fsp3) is 0.235. The molecule has 0 atom stereocenters. The molecule has 1 aliphatic heterocycles. The summed E-state index contributed by atoms with van der Waals surface area (Å²) in [5.74, 6) is -0.0752. The largest absolute Gasteiger partial charge is 0.275 e. The highest BCUT2D eigenvalue weighted by atomic mass is 16.2. The van der Waals surface area contributed by atoms with Gasteiger partial charge in [-0.3, -0.25) is 9.78 Å². The molecule has 0 N–H and O–H groups in total. The first-order valence-corrected chi connectivity index (χ1v) is 7.11. The summed E-state index contributed by atoms with van der Waals surface area (Å²) in [5, 5.41) is 6.11. The van der Waals surface area contributed by atoms with E-state index in [0.717, 1.165) is 29.7 Å². The molecule has 0 saturated heterocycles. The highest BCUT2D eigenvalue weighted by molar-refractivity contribution is 6.03. The summed E-state index contributed by atoms with van der Waals surface area (Å²) >= 11 is 0. The Morgan fingerprint density at radius 1 is 1.19 bits per heavy atom. The van der Waals surface area contributed by atoms with Crippen LogP contribution in [0.25, 0.3) is 0 Å². The SMILES string of the molecule is Cc1ccncc1C(=O)N1CCCC(c2ccccc2)=N1. The first-order valence-electron chi connectivity index (χ1n) is 7.11. The third-order valence-corrected chi connectivity index (χ3v) is 3.64. The minimum Gasteiger partial charge on any atom is -0.267 e. The molecule has 4 nitrogen and oxygen atoms in total. The number of benzene rings is 1. The lowest BCUT2D eigenvalue weighted by molar-refractivity contribution is 0.0750. The maximum absolute atomic E-state index is 12.6. The van der Waals surface area contributed by atoms with Gasteiger partial charge in [0.2, 0.25) is 0 Å². The van der Waals surface area contributed by atoms with Crippen molar-refractivity contribution in [3.63, 3.8) is 0 Å². The number of carbonyl (C=O) groups excluding carboxylic acids is 1. The number of amides is 1. The highest BCUT2D eigenvalue weighted by Gasteiger charge is 2.21. The van der Waals surface area contributed by atoms with E-state index in [0.29, 0.717) is 12.1 Å². The van der Waals surface area contributed by atoms with E-state index in [4.69, 9.17) is 0 Å². The summed E-state index contributed by atoms with van der Waals surface area (Å²) in [4.78, 5) is 16.6. The summed E-state index contributed by atoms with van der Waals surface area (Å²) < 4.78 is 0. The van der Waals surface area contributed by atoms with Crippen LogP contribution < -0.4 is 0 Å². The Bertz CT molecular complexity index is 679. The molecule has 0 radical (unpaired) electrons. The molecule has 21 heavy (non-hydrogen) atoms. The fourth-order valence-electron chi connectivity index (χ4n) is 2.45. The third-order valence-electron chi connectivity index (χ3n) is 3.64. The zero-order valence-corrected chi connectivity index (χ0v) is 12.0. The van der Waals surface area contributed by atoms with Crippen LogP contribution in [0, 0.1) is 6.92 Å². The normalized spacial score (nSPS) is 14.7. The van der Waals surface area contributed by atoms with Crippen LogP contribution >= 0.6 is 0 Å². The lowest BCUT2D eigenvalue weighted by Gasteiger charge is -2.24. The van der Waals surface area contributed by atoms with Crippen LogP contribution in [0.2, 0.25) is 0 Å². The zero-order valence-electron chi connectivity index (χ0n) is 12.0. The van der Waals surface area contributed by atoms with E-state index in [2.05, 4.69) is 10.1 Å². The van der Waals surface area contributed by atoms with Gasteiger partial charge in [0.1, 0.15) is 0 Å². The van der Waals surface area contributed by atoms with Crippen molar-refractivity contribution in [3.8, 4) is 0 Å². The van der Waals surface area contributed by atoms with Gasteiger partial charge in [-0.15, -0.1) is 0 Å². The molecule has 2 heterocycles. The summed E-state index contributed by atoms with van der Waals surface area (Å²) in [7, 11) is 0. The highest BCUT2D eigenvalue weighted by Crippen LogP contribution is 2.17. The summed E-state index contributed by atoms with van der Waals surface area (Å²) in [5.41, 5.74) is 3.60. The van der Waals surface area contributed by atoms with Crippen molar-refractivity contribution in [2.45, 2.75) is 19.8 Å². The van der Waals surface area contributed by atoms with Gasteiger partial charge in [-0.2, -0.15) is 5.10 Å². The van der Waals surface area contributed by atoms with E-state index in [1.807, 2.05) is 43.3 Å². The Morgan fingerprint density at radius 2 is 2.00 bits per heavy atom. The Kier molecular flexibility index (Phi) is 3.77. The molecule has 0 fully saturated rings. The number of carbonyl (C=O) groups is 1. The van der Waals surface area contributed by atoms with Gasteiger partial charge >= 0.3 is 0 Å². The molecule has 106 valence electrons.